The average Bonchev–Trinajstić information content (AvgIpc) is 2.41. The SMILES string of the molecule is CCCOc1ccc(NC2CCCCCCC2)cc1. The fourth-order valence-corrected chi connectivity index (χ4v) is 2.70. The first-order valence-electron chi connectivity index (χ1n) is 7.88. The normalized spacial score (nSPS) is 17.5. The maximum atomic E-state index is 5.61. The van der Waals surface area contributed by atoms with Crippen LogP contribution in [0.5, 0.6) is 5.75 Å². The van der Waals surface area contributed by atoms with Crippen molar-refractivity contribution in [3.8, 4) is 5.75 Å². The smallest absolute Gasteiger partial charge is 0.119 e. The zero-order valence-electron chi connectivity index (χ0n) is 12.2. The van der Waals surface area contributed by atoms with Crippen molar-refractivity contribution < 1.29 is 4.74 Å². The molecule has 2 heteroatoms. The van der Waals surface area contributed by atoms with Crippen LogP contribution in [-0.4, -0.2) is 12.6 Å². The minimum atomic E-state index is 0.655. The summed E-state index contributed by atoms with van der Waals surface area (Å²) in [5, 5.41) is 3.68. The summed E-state index contributed by atoms with van der Waals surface area (Å²) in [5.74, 6) is 0.977. The molecule has 0 amide bonds. The summed E-state index contributed by atoms with van der Waals surface area (Å²) in [6, 6.07) is 9.08. The van der Waals surface area contributed by atoms with Gasteiger partial charge < -0.3 is 10.1 Å². The molecule has 0 unspecified atom stereocenters. The summed E-state index contributed by atoms with van der Waals surface area (Å²) in [7, 11) is 0. The molecule has 1 aliphatic carbocycles. The molecule has 0 aromatic heterocycles. The lowest BCUT2D eigenvalue weighted by Crippen LogP contribution is -2.20. The van der Waals surface area contributed by atoms with Gasteiger partial charge in [0.25, 0.3) is 0 Å². The van der Waals surface area contributed by atoms with Gasteiger partial charge in [-0.25, -0.2) is 0 Å². The number of anilines is 1. The summed E-state index contributed by atoms with van der Waals surface area (Å²) >= 11 is 0. The topological polar surface area (TPSA) is 21.3 Å². The van der Waals surface area contributed by atoms with Crippen molar-refractivity contribution in [3.05, 3.63) is 24.3 Å². The van der Waals surface area contributed by atoms with Crippen molar-refractivity contribution in [1.82, 2.24) is 0 Å². The third-order valence-electron chi connectivity index (χ3n) is 3.80. The van der Waals surface area contributed by atoms with Gasteiger partial charge in [-0.1, -0.05) is 39.0 Å². The molecule has 0 radical (unpaired) electrons. The highest BCUT2D eigenvalue weighted by Crippen LogP contribution is 2.22. The Kier molecular flexibility index (Phi) is 6.06. The first kappa shape index (κ1) is 14.2. The van der Waals surface area contributed by atoms with Crippen molar-refractivity contribution in [2.45, 2.75) is 64.3 Å². The molecule has 2 rings (SSSR count). The van der Waals surface area contributed by atoms with Gasteiger partial charge >= 0.3 is 0 Å². The van der Waals surface area contributed by atoms with Crippen LogP contribution in [-0.2, 0) is 0 Å². The number of ether oxygens (including phenoxy) is 1. The fourth-order valence-electron chi connectivity index (χ4n) is 2.70. The minimum Gasteiger partial charge on any atom is -0.494 e. The maximum absolute atomic E-state index is 5.61. The summed E-state index contributed by atoms with van der Waals surface area (Å²) in [6.45, 7) is 2.93. The first-order valence-corrected chi connectivity index (χ1v) is 7.88. The van der Waals surface area contributed by atoms with E-state index in [0.717, 1.165) is 18.8 Å². The molecule has 0 bridgehead atoms. The van der Waals surface area contributed by atoms with E-state index < -0.39 is 0 Å². The third kappa shape index (κ3) is 5.14. The van der Waals surface area contributed by atoms with Gasteiger partial charge in [0.2, 0.25) is 0 Å². The van der Waals surface area contributed by atoms with E-state index in [1.165, 1.54) is 50.6 Å². The molecule has 1 N–H and O–H groups in total. The van der Waals surface area contributed by atoms with Crippen molar-refractivity contribution in [2.75, 3.05) is 11.9 Å². The Bertz CT molecular complexity index is 339. The van der Waals surface area contributed by atoms with Crippen LogP contribution in [0.25, 0.3) is 0 Å². The molecule has 0 atom stereocenters. The summed E-state index contributed by atoms with van der Waals surface area (Å²) in [5.41, 5.74) is 1.23. The molecule has 0 heterocycles. The lowest BCUT2D eigenvalue weighted by atomic mass is 9.96. The number of hydrogen-bond donors (Lipinski definition) is 1. The Hall–Kier alpha value is -1.18. The van der Waals surface area contributed by atoms with Crippen molar-refractivity contribution >= 4 is 5.69 Å². The summed E-state index contributed by atoms with van der Waals surface area (Å²) in [6.07, 6.45) is 10.7. The molecule has 106 valence electrons. The molecule has 1 saturated carbocycles. The second-order valence-corrected chi connectivity index (χ2v) is 5.56. The summed E-state index contributed by atoms with van der Waals surface area (Å²) in [4.78, 5) is 0. The van der Waals surface area contributed by atoms with E-state index in [1.54, 1.807) is 0 Å². The Morgan fingerprint density at radius 1 is 1.00 bits per heavy atom. The second kappa shape index (κ2) is 8.08. The third-order valence-corrected chi connectivity index (χ3v) is 3.80. The predicted octanol–water partition coefficient (Wildman–Crippen LogP) is 5.00. The zero-order valence-corrected chi connectivity index (χ0v) is 12.2. The molecular weight excluding hydrogens is 234 g/mol. The Morgan fingerprint density at radius 3 is 2.26 bits per heavy atom. The van der Waals surface area contributed by atoms with Gasteiger partial charge in [0.15, 0.2) is 0 Å². The van der Waals surface area contributed by atoms with Crippen molar-refractivity contribution in [1.29, 1.82) is 0 Å². The average molecular weight is 261 g/mol. The number of hydrogen-bond acceptors (Lipinski definition) is 2. The van der Waals surface area contributed by atoms with Gasteiger partial charge in [-0.15, -0.1) is 0 Å². The molecule has 19 heavy (non-hydrogen) atoms. The molecule has 1 aliphatic rings. The monoisotopic (exact) mass is 261 g/mol. The van der Waals surface area contributed by atoms with Crippen LogP contribution in [0.1, 0.15) is 58.3 Å². The molecule has 0 saturated heterocycles. The van der Waals surface area contributed by atoms with Gasteiger partial charge in [-0.3, -0.25) is 0 Å². The lowest BCUT2D eigenvalue weighted by Gasteiger charge is -2.22. The maximum Gasteiger partial charge on any atom is 0.119 e. The minimum absolute atomic E-state index is 0.655. The number of rotatable bonds is 5. The van der Waals surface area contributed by atoms with Gasteiger partial charge in [0.05, 0.1) is 6.61 Å². The van der Waals surface area contributed by atoms with Crippen LogP contribution >= 0.6 is 0 Å². The Labute approximate surface area is 117 Å². The fraction of sp³-hybridized carbons (Fsp3) is 0.647. The molecule has 0 spiro atoms. The molecule has 2 nitrogen and oxygen atoms in total. The van der Waals surface area contributed by atoms with E-state index in [1.807, 2.05) is 0 Å². The van der Waals surface area contributed by atoms with E-state index >= 15 is 0 Å². The van der Waals surface area contributed by atoms with Crippen molar-refractivity contribution in [2.24, 2.45) is 0 Å². The van der Waals surface area contributed by atoms with E-state index in [-0.39, 0.29) is 0 Å². The molecule has 1 aromatic carbocycles. The number of nitrogens with one attached hydrogen (secondary N) is 1. The van der Waals surface area contributed by atoms with Gasteiger partial charge in [-0.05, 0) is 43.5 Å². The molecule has 0 aliphatic heterocycles. The van der Waals surface area contributed by atoms with Gasteiger partial charge in [-0.2, -0.15) is 0 Å². The van der Waals surface area contributed by atoms with Gasteiger partial charge in [0, 0.05) is 11.7 Å². The van der Waals surface area contributed by atoms with Crippen LogP contribution in [0.3, 0.4) is 0 Å². The van der Waals surface area contributed by atoms with E-state index in [9.17, 15) is 0 Å². The molecular formula is C17H27NO. The predicted molar refractivity (Wildman–Crippen MR) is 82.0 cm³/mol. The zero-order chi connectivity index (χ0) is 13.3. The lowest BCUT2D eigenvalue weighted by molar-refractivity contribution is 0.317. The molecule has 1 fully saturated rings. The second-order valence-electron chi connectivity index (χ2n) is 5.56. The van der Waals surface area contributed by atoms with Crippen LogP contribution in [0.2, 0.25) is 0 Å². The Balaban J connectivity index is 1.83. The van der Waals surface area contributed by atoms with Crippen molar-refractivity contribution in [3.63, 3.8) is 0 Å². The standard InChI is InChI=1S/C17H27NO/c1-2-14-19-17-12-10-16(11-13-17)18-15-8-6-4-3-5-7-9-15/h10-13,15,18H,2-9,14H2,1H3. The van der Waals surface area contributed by atoms with Crippen LogP contribution in [0.4, 0.5) is 5.69 Å². The van der Waals surface area contributed by atoms with Crippen LogP contribution in [0, 0.1) is 0 Å². The quantitative estimate of drug-likeness (QED) is 0.805. The van der Waals surface area contributed by atoms with Gasteiger partial charge in [0.1, 0.15) is 5.75 Å². The largest absolute Gasteiger partial charge is 0.494 e. The van der Waals surface area contributed by atoms with E-state index in [0.29, 0.717) is 6.04 Å². The highest BCUT2D eigenvalue weighted by atomic mass is 16.5. The van der Waals surface area contributed by atoms with E-state index in [4.69, 9.17) is 4.74 Å². The van der Waals surface area contributed by atoms with E-state index in [2.05, 4.69) is 36.5 Å². The highest BCUT2D eigenvalue weighted by Gasteiger charge is 2.10. The molecule has 1 aromatic rings. The van der Waals surface area contributed by atoms with Crippen LogP contribution in [0.15, 0.2) is 24.3 Å². The highest BCUT2D eigenvalue weighted by molar-refractivity contribution is 5.47. The first-order chi connectivity index (χ1) is 9.38. The summed E-state index contributed by atoms with van der Waals surface area (Å²) < 4.78 is 5.61. The Morgan fingerprint density at radius 2 is 1.63 bits per heavy atom. The number of benzene rings is 1. The van der Waals surface area contributed by atoms with Crippen LogP contribution < -0.4 is 10.1 Å².